The molecule has 0 saturated carbocycles. The van der Waals surface area contributed by atoms with Crippen LogP contribution in [0.1, 0.15) is 26.3 Å². The van der Waals surface area contributed by atoms with Crippen molar-refractivity contribution >= 4 is 29.0 Å². The van der Waals surface area contributed by atoms with E-state index < -0.39 is 0 Å². The number of ether oxygens (including phenoxy) is 1. The van der Waals surface area contributed by atoms with Crippen LogP contribution in [0.3, 0.4) is 0 Å². The molecule has 106 valence electrons. The van der Waals surface area contributed by atoms with E-state index in [1.165, 1.54) is 4.90 Å². The van der Waals surface area contributed by atoms with Crippen molar-refractivity contribution in [3.05, 3.63) is 34.7 Å². The number of likely N-dealkylation sites (N-methyl/N-ethyl adjacent to an activating group) is 1. The fraction of sp³-hybridized carbons (Fsp3) is 0.333. The first kappa shape index (κ1) is 14.7. The van der Waals surface area contributed by atoms with Crippen molar-refractivity contribution in [3.8, 4) is 5.75 Å². The zero-order valence-electron chi connectivity index (χ0n) is 11.8. The molecule has 2 rings (SSSR count). The van der Waals surface area contributed by atoms with Gasteiger partial charge in [0.05, 0.1) is 11.0 Å². The van der Waals surface area contributed by atoms with Crippen LogP contribution in [-0.4, -0.2) is 28.7 Å². The summed E-state index contributed by atoms with van der Waals surface area (Å²) in [5.74, 6) is 0.479. The van der Waals surface area contributed by atoms with Gasteiger partial charge in [0, 0.05) is 12.1 Å². The number of hydrogen-bond donors (Lipinski definition) is 0. The number of carbonyl (C=O) groups excluding carboxylic acids is 2. The second-order valence-electron chi connectivity index (χ2n) is 4.63. The largest absolute Gasteiger partial charge is 0.490 e. The summed E-state index contributed by atoms with van der Waals surface area (Å²) >= 11 is 0.972. The number of carbonyl (C=O) groups is 2. The smallest absolute Gasteiger partial charge is 0.293 e. The van der Waals surface area contributed by atoms with Crippen LogP contribution in [0, 0.1) is 0 Å². The fourth-order valence-corrected chi connectivity index (χ4v) is 2.77. The minimum absolute atomic E-state index is 0.0512. The predicted molar refractivity (Wildman–Crippen MR) is 80.6 cm³/mol. The molecule has 1 heterocycles. The third-order valence-corrected chi connectivity index (χ3v) is 3.67. The Morgan fingerprint density at radius 3 is 2.60 bits per heavy atom. The lowest BCUT2D eigenvalue weighted by Crippen LogP contribution is -2.27. The minimum Gasteiger partial charge on any atom is -0.490 e. The lowest BCUT2D eigenvalue weighted by molar-refractivity contribution is -0.122. The number of imide groups is 1. The highest BCUT2D eigenvalue weighted by molar-refractivity contribution is 8.18. The fourth-order valence-electron chi connectivity index (χ4n) is 1.87. The average molecular weight is 291 g/mol. The van der Waals surface area contributed by atoms with Gasteiger partial charge in [0.1, 0.15) is 5.75 Å². The Morgan fingerprint density at radius 1 is 1.30 bits per heavy atom. The van der Waals surface area contributed by atoms with E-state index in [-0.39, 0.29) is 17.3 Å². The molecule has 20 heavy (non-hydrogen) atoms. The maximum Gasteiger partial charge on any atom is 0.293 e. The molecule has 1 aliphatic rings. The Hall–Kier alpha value is -1.75. The van der Waals surface area contributed by atoms with Gasteiger partial charge in [0.2, 0.25) is 0 Å². The molecule has 1 aromatic carbocycles. The molecule has 1 aromatic rings. The summed E-state index contributed by atoms with van der Waals surface area (Å²) in [5.41, 5.74) is 0.808. The minimum atomic E-state index is -0.234. The highest BCUT2D eigenvalue weighted by Gasteiger charge is 2.33. The lowest BCUT2D eigenvalue weighted by atomic mass is 10.2. The van der Waals surface area contributed by atoms with E-state index in [4.69, 9.17) is 4.74 Å². The summed E-state index contributed by atoms with van der Waals surface area (Å²) in [6, 6.07) is 7.49. The van der Waals surface area contributed by atoms with E-state index in [1.807, 2.05) is 38.1 Å². The Labute approximate surface area is 122 Å². The molecule has 0 radical (unpaired) electrons. The molecule has 0 aliphatic carbocycles. The van der Waals surface area contributed by atoms with Crippen LogP contribution in [0.4, 0.5) is 4.79 Å². The summed E-state index contributed by atoms with van der Waals surface area (Å²) in [4.78, 5) is 25.4. The van der Waals surface area contributed by atoms with Crippen LogP contribution in [-0.2, 0) is 4.79 Å². The number of amides is 2. The van der Waals surface area contributed by atoms with E-state index in [0.29, 0.717) is 17.2 Å². The maximum atomic E-state index is 12.1. The van der Waals surface area contributed by atoms with Gasteiger partial charge in [-0.3, -0.25) is 14.5 Å². The van der Waals surface area contributed by atoms with Gasteiger partial charge in [-0.2, -0.15) is 0 Å². The van der Waals surface area contributed by atoms with E-state index in [9.17, 15) is 9.59 Å². The molecule has 0 N–H and O–H groups in total. The molecule has 0 unspecified atom stereocenters. The van der Waals surface area contributed by atoms with Crippen molar-refractivity contribution in [2.75, 3.05) is 6.54 Å². The molecule has 4 nitrogen and oxygen atoms in total. The molecule has 0 atom stereocenters. The second-order valence-corrected chi connectivity index (χ2v) is 5.62. The SMILES string of the molecule is CCN1C(=O)S/C(=C\c2ccccc2OC(C)C)C1=O. The summed E-state index contributed by atoms with van der Waals surface area (Å²) in [6.45, 7) is 6.07. The van der Waals surface area contributed by atoms with Gasteiger partial charge in [-0.15, -0.1) is 0 Å². The van der Waals surface area contributed by atoms with Crippen molar-refractivity contribution in [1.82, 2.24) is 4.90 Å². The monoisotopic (exact) mass is 291 g/mol. The standard InChI is InChI=1S/C15H17NO3S/c1-4-16-14(17)13(20-15(16)18)9-11-7-5-6-8-12(11)19-10(2)3/h5-10H,4H2,1-3H3/b13-9-. The Kier molecular flexibility index (Phi) is 4.49. The molecule has 5 heteroatoms. The quantitative estimate of drug-likeness (QED) is 0.796. The zero-order chi connectivity index (χ0) is 14.7. The average Bonchev–Trinajstić information content (AvgIpc) is 2.66. The first-order valence-corrected chi connectivity index (χ1v) is 7.35. The number of thioether (sulfide) groups is 1. The zero-order valence-corrected chi connectivity index (χ0v) is 12.6. The number of para-hydroxylation sites is 1. The maximum absolute atomic E-state index is 12.1. The summed E-state index contributed by atoms with van der Waals surface area (Å²) < 4.78 is 5.71. The van der Waals surface area contributed by atoms with Crippen molar-refractivity contribution < 1.29 is 14.3 Å². The molecule has 0 aromatic heterocycles. The van der Waals surface area contributed by atoms with Crippen molar-refractivity contribution in [3.63, 3.8) is 0 Å². The Balaban J connectivity index is 2.32. The number of hydrogen-bond acceptors (Lipinski definition) is 4. The first-order chi connectivity index (χ1) is 9.52. The van der Waals surface area contributed by atoms with Gasteiger partial charge < -0.3 is 4.74 Å². The highest BCUT2D eigenvalue weighted by atomic mass is 32.2. The number of rotatable bonds is 4. The van der Waals surface area contributed by atoms with Gasteiger partial charge in [0.15, 0.2) is 0 Å². The summed E-state index contributed by atoms with van der Waals surface area (Å²) in [5, 5.41) is -0.217. The van der Waals surface area contributed by atoms with E-state index >= 15 is 0 Å². The second kappa shape index (κ2) is 6.13. The third-order valence-electron chi connectivity index (χ3n) is 2.76. The molecule has 1 fully saturated rings. The molecule has 2 amide bonds. The van der Waals surface area contributed by atoms with Crippen LogP contribution >= 0.6 is 11.8 Å². The third kappa shape index (κ3) is 3.04. The van der Waals surface area contributed by atoms with Crippen LogP contribution < -0.4 is 4.74 Å². The first-order valence-electron chi connectivity index (χ1n) is 6.54. The predicted octanol–water partition coefficient (Wildman–Crippen LogP) is 3.53. The van der Waals surface area contributed by atoms with Gasteiger partial charge in [-0.1, -0.05) is 18.2 Å². The van der Waals surface area contributed by atoms with Gasteiger partial charge in [-0.05, 0) is 44.7 Å². The molecule has 1 saturated heterocycles. The van der Waals surface area contributed by atoms with Crippen molar-refractivity contribution in [2.24, 2.45) is 0 Å². The van der Waals surface area contributed by atoms with Crippen molar-refractivity contribution in [1.29, 1.82) is 0 Å². The summed E-state index contributed by atoms with van der Waals surface area (Å²) in [6.07, 6.45) is 1.77. The number of nitrogens with zero attached hydrogens (tertiary/aromatic N) is 1. The molecule has 0 bridgehead atoms. The summed E-state index contributed by atoms with van der Waals surface area (Å²) in [7, 11) is 0. The molecule has 1 aliphatic heterocycles. The van der Waals surface area contributed by atoms with Crippen LogP contribution in [0.25, 0.3) is 6.08 Å². The van der Waals surface area contributed by atoms with Crippen molar-refractivity contribution in [2.45, 2.75) is 26.9 Å². The van der Waals surface area contributed by atoms with Crippen LogP contribution in [0.2, 0.25) is 0 Å². The van der Waals surface area contributed by atoms with Crippen LogP contribution in [0.5, 0.6) is 5.75 Å². The van der Waals surface area contributed by atoms with Gasteiger partial charge in [-0.25, -0.2) is 0 Å². The molecule has 0 spiro atoms. The lowest BCUT2D eigenvalue weighted by Gasteiger charge is -2.12. The van der Waals surface area contributed by atoms with Gasteiger partial charge in [0.25, 0.3) is 11.1 Å². The Morgan fingerprint density at radius 2 is 2.00 bits per heavy atom. The van der Waals surface area contributed by atoms with E-state index in [1.54, 1.807) is 13.0 Å². The van der Waals surface area contributed by atoms with Crippen LogP contribution in [0.15, 0.2) is 29.2 Å². The normalized spacial score (nSPS) is 17.4. The van der Waals surface area contributed by atoms with E-state index in [0.717, 1.165) is 17.3 Å². The van der Waals surface area contributed by atoms with Gasteiger partial charge >= 0.3 is 0 Å². The van der Waals surface area contributed by atoms with E-state index in [2.05, 4.69) is 0 Å². The molecular formula is C15H17NO3S. The topological polar surface area (TPSA) is 46.6 Å². The highest BCUT2D eigenvalue weighted by Crippen LogP contribution is 2.33. The number of benzene rings is 1. The Bertz CT molecular complexity index is 566. The molecular weight excluding hydrogens is 274 g/mol.